The maximum Gasteiger partial charge on any atom is 0.243 e. The number of anilines is 2. The van der Waals surface area contributed by atoms with Crippen LogP contribution in [0.1, 0.15) is 0 Å². The van der Waals surface area contributed by atoms with E-state index in [4.69, 9.17) is 0 Å². The quantitative estimate of drug-likeness (QED) is 0.590. The summed E-state index contributed by atoms with van der Waals surface area (Å²) in [7, 11) is 0. The average Bonchev–Trinajstić information content (AvgIpc) is 2.47. The summed E-state index contributed by atoms with van der Waals surface area (Å²) in [5.41, 5.74) is 1.80. The fourth-order valence-corrected chi connectivity index (χ4v) is 2.61. The molecule has 0 aliphatic heterocycles. The first kappa shape index (κ1) is 15.2. The number of hydrogen-bond donors (Lipinski definition) is 2. The van der Waals surface area contributed by atoms with Gasteiger partial charge in [0.1, 0.15) is 0 Å². The van der Waals surface area contributed by atoms with Crippen LogP contribution in [-0.4, -0.2) is 18.7 Å². The molecular weight excluding hydrogens is 383 g/mol. The normalized spacial score (nSPS) is 10.1. The first-order chi connectivity index (χ1) is 9.69. The van der Waals surface area contributed by atoms with Crippen LogP contribution in [0.25, 0.3) is 0 Å². The maximum absolute atomic E-state index is 11.9. The molecule has 2 aromatic rings. The monoisotopic (exact) mass is 398 g/mol. The third-order valence-electron chi connectivity index (χ3n) is 2.68. The minimum absolute atomic E-state index is 0.0509. The van der Waals surface area contributed by atoms with Gasteiger partial charge < -0.3 is 10.6 Å². The Morgan fingerprint density at radius 2 is 1.85 bits per heavy atom. The molecule has 2 rings (SSSR count). The molecule has 0 heterocycles. The summed E-state index contributed by atoms with van der Waals surface area (Å²) in [6, 6.07) is 15.7. The van der Waals surface area contributed by atoms with Crippen molar-refractivity contribution in [3.8, 4) is 0 Å². The van der Waals surface area contributed by atoms with Gasteiger partial charge in [-0.25, -0.2) is 0 Å². The van der Waals surface area contributed by atoms with Gasteiger partial charge >= 0.3 is 0 Å². The number of hydrogen-bond acceptors (Lipinski definition) is 3. The van der Waals surface area contributed by atoms with Crippen molar-refractivity contribution in [3.05, 3.63) is 52.1 Å². The number of carbonyl (C=O) groups excluding carboxylic acids is 1. The first-order valence-corrected chi connectivity index (χ1v) is 8.41. The lowest BCUT2D eigenvalue weighted by molar-refractivity contribution is -0.114. The average molecular weight is 398 g/mol. The van der Waals surface area contributed by atoms with Crippen LogP contribution in [0.15, 0.2) is 53.4 Å². The highest BCUT2D eigenvalue weighted by molar-refractivity contribution is 14.1. The second kappa shape index (κ2) is 7.54. The van der Waals surface area contributed by atoms with Gasteiger partial charge in [0.25, 0.3) is 0 Å². The molecule has 0 atom stereocenters. The predicted molar refractivity (Wildman–Crippen MR) is 94.5 cm³/mol. The smallest absolute Gasteiger partial charge is 0.243 e. The molecule has 0 saturated carbocycles. The molecule has 2 N–H and O–H groups in total. The van der Waals surface area contributed by atoms with Crippen molar-refractivity contribution in [2.75, 3.05) is 23.4 Å². The molecule has 0 fully saturated rings. The number of halogens is 1. The molecule has 5 heteroatoms. The maximum atomic E-state index is 11.9. The van der Waals surface area contributed by atoms with Crippen molar-refractivity contribution in [1.82, 2.24) is 0 Å². The van der Waals surface area contributed by atoms with Crippen LogP contribution < -0.4 is 10.6 Å². The highest BCUT2D eigenvalue weighted by Gasteiger charge is 2.05. The van der Waals surface area contributed by atoms with E-state index >= 15 is 0 Å². The lowest BCUT2D eigenvalue weighted by atomic mass is 10.3. The third-order valence-corrected chi connectivity index (χ3v) is 4.19. The zero-order valence-corrected chi connectivity index (χ0v) is 14.0. The van der Waals surface area contributed by atoms with Crippen molar-refractivity contribution in [1.29, 1.82) is 0 Å². The second-order valence-corrected chi connectivity index (χ2v) is 6.20. The lowest BCUT2D eigenvalue weighted by Crippen LogP contribution is -2.22. The molecule has 0 radical (unpaired) electrons. The zero-order valence-electron chi connectivity index (χ0n) is 11.0. The van der Waals surface area contributed by atoms with E-state index in [2.05, 4.69) is 33.2 Å². The Balaban J connectivity index is 1.91. The van der Waals surface area contributed by atoms with Crippen LogP contribution in [0.3, 0.4) is 0 Å². The summed E-state index contributed by atoms with van der Waals surface area (Å²) in [5, 5.41) is 6.03. The summed E-state index contributed by atoms with van der Waals surface area (Å²) in [6.45, 7) is 0.253. The summed E-state index contributed by atoms with van der Waals surface area (Å²) in [6.07, 6.45) is 1.99. The van der Waals surface area contributed by atoms with Crippen molar-refractivity contribution < 1.29 is 4.79 Å². The summed E-state index contributed by atoms with van der Waals surface area (Å²) >= 11 is 3.87. The van der Waals surface area contributed by atoms with Gasteiger partial charge in [-0.05, 0) is 65.2 Å². The molecule has 0 aliphatic rings. The number of para-hydroxylation sites is 1. The standard InChI is InChI=1S/C15H15IN2OS/c1-20-14-5-3-2-4-13(14)18-15(19)10-17-12-8-6-11(16)7-9-12/h2-9,17H,10H2,1H3,(H,18,19). The Morgan fingerprint density at radius 1 is 1.15 bits per heavy atom. The van der Waals surface area contributed by atoms with E-state index in [0.717, 1.165) is 16.3 Å². The number of nitrogens with one attached hydrogen (secondary N) is 2. The summed E-state index contributed by atoms with van der Waals surface area (Å²) < 4.78 is 1.17. The molecule has 104 valence electrons. The minimum atomic E-state index is -0.0509. The van der Waals surface area contributed by atoms with Crippen molar-refractivity contribution in [2.45, 2.75) is 4.90 Å². The number of amides is 1. The molecule has 0 aromatic heterocycles. The van der Waals surface area contributed by atoms with Crippen LogP contribution in [-0.2, 0) is 4.79 Å². The molecular formula is C15H15IN2OS. The van der Waals surface area contributed by atoms with Gasteiger partial charge in [0.05, 0.1) is 12.2 Å². The number of benzene rings is 2. The Hall–Kier alpha value is -1.21. The topological polar surface area (TPSA) is 41.1 Å². The van der Waals surface area contributed by atoms with Crippen LogP contribution in [0.5, 0.6) is 0 Å². The minimum Gasteiger partial charge on any atom is -0.376 e. The molecule has 0 bridgehead atoms. The lowest BCUT2D eigenvalue weighted by Gasteiger charge is -2.10. The molecule has 1 amide bonds. The predicted octanol–water partition coefficient (Wildman–Crippen LogP) is 4.06. The van der Waals surface area contributed by atoms with Crippen molar-refractivity contribution in [3.63, 3.8) is 0 Å². The van der Waals surface area contributed by atoms with Crippen LogP contribution in [0, 0.1) is 3.57 Å². The van der Waals surface area contributed by atoms with Crippen molar-refractivity contribution >= 4 is 51.6 Å². The van der Waals surface area contributed by atoms with Gasteiger partial charge in [-0.3, -0.25) is 4.79 Å². The van der Waals surface area contributed by atoms with E-state index in [1.807, 2.05) is 54.8 Å². The molecule has 20 heavy (non-hydrogen) atoms. The fourth-order valence-electron chi connectivity index (χ4n) is 1.69. The van der Waals surface area contributed by atoms with Crippen LogP contribution in [0.4, 0.5) is 11.4 Å². The molecule has 0 saturated heterocycles. The third kappa shape index (κ3) is 4.42. The second-order valence-electron chi connectivity index (χ2n) is 4.11. The van der Waals surface area contributed by atoms with Crippen LogP contribution in [0.2, 0.25) is 0 Å². The Kier molecular flexibility index (Phi) is 5.72. The van der Waals surface area contributed by atoms with E-state index in [9.17, 15) is 4.79 Å². The summed E-state index contributed by atoms with van der Waals surface area (Å²) in [4.78, 5) is 13.0. The van der Waals surface area contributed by atoms with Gasteiger partial charge in [0.15, 0.2) is 0 Å². The molecule has 2 aromatic carbocycles. The summed E-state index contributed by atoms with van der Waals surface area (Å²) in [5.74, 6) is -0.0509. The Labute approximate surface area is 136 Å². The Morgan fingerprint density at radius 3 is 2.55 bits per heavy atom. The van der Waals surface area contributed by atoms with Gasteiger partial charge in [-0.2, -0.15) is 0 Å². The van der Waals surface area contributed by atoms with Crippen LogP contribution >= 0.6 is 34.4 Å². The van der Waals surface area contributed by atoms with Gasteiger partial charge in [-0.1, -0.05) is 12.1 Å². The fraction of sp³-hybridized carbons (Fsp3) is 0.133. The number of carbonyl (C=O) groups is 1. The van der Waals surface area contributed by atoms with E-state index in [-0.39, 0.29) is 12.5 Å². The van der Waals surface area contributed by atoms with E-state index in [0.29, 0.717) is 0 Å². The molecule has 0 unspecified atom stereocenters. The Bertz CT molecular complexity index is 587. The van der Waals surface area contributed by atoms with Gasteiger partial charge in [0, 0.05) is 14.2 Å². The number of rotatable bonds is 5. The molecule has 3 nitrogen and oxygen atoms in total. The highest BCUT2D eigenvalue weighted by atomic mass is 127. The first-order valence-electron chi connectivity index (χ1n) is 6.11. The van der Waals surface area contributed by atoms with E-state index in [1.165, 1.54) is 3.57 Å². The van der Waals surface area contributed by atoms with E-state index in [1.54, 1.807) is 11.8 Å². The SMILES string of the molecule is CSc1ccccc1NC(=O)CNc1ccc(I)cc1. The van der Waals surface area contributed by atoms with Crippen molar-refractivity contribution in [2.24, 2.45) is 0 Å². The molecule has 0 spiro atoms. The highest BCUT2D eigenvalue weighted by Crippen LogP contribution is 2.24. The van der Waals surface area contributed by atoms with Gasteiger partial charge in [-0.15, -0.1) is 11.8 Å². The zero-order chi connectivity index (χ0) is 14.4. The largest absolute Gasteiger partial charge is 0.376 e. The molecule has 0 aliphatic carbocycles. The number of thioether (sulfide) groups is 1. The van der Waals surface area contributed by atoms with Gasteiger partial charge in [0.2, 0.25) is 5.91 Å². The van der Waals surface area contributed by atoms with E-state index < -0.39 is 0 Å².